The molecule has 108 valence electrons. The molecule has 1 aliphatic heterocycles. The van der Waals surface area contributed by atoms with Crippen LogP contribution in [0, 0.1) is 17.0 Å². The van der Waals surface area contributed by atoms with Gasteiger partial charge in [0.15, 0.2) is 0 Å². The van der Waals surface area contributed by atoms with Crippen LogP contribution < -0.4 is 4.83 Å². The van der Waals surface area contributed by atoms with Crippen molar-refractivity contribution in [3.63, 3.8) is 0 Å². The van der Waals surface area contributed by atoms with E-state index >= 15 is 0 Å². The van der Waals surface area contributed by atoms with Crippen LogP contribution in [-0.2, 0) is 10.0 Å². The Hall–Kier alpha value is -1.61. The second-order valence-corrected chi connectivity index (χ2v) is 7.05. The number of sulfonamides is 1. The Balaban J connectivity index is 2.27. The predicted octanol–water partition coefficient (Wildman–Crippen LogP) is 1.67. The molecule has 1 aliphatic rings. The van der Waals surface area contributed by atoms with E-state index in [1.807, 2.05) is 0 Å². The van der Waals surface area contributed by atoms with Crippen molar-refractivity contribution in [2.75, 3.05) is 11.5 Å². The molecule has 2 rings (SSSR count). The third-order valence-electron chi connectivity index (χ3n) is 2.82. The van der Waals surface area contributed by atoms with E-state index in [9.17, 15) is 18.5 Å². The minimum atomic E-state index is -3.87. The number of hydrazone groups is 1. The van der Waals surface area contributed by atoms with Gasteiger partial charge in [-0.1, -0.05) is 6.07 Å². The van der Waals surface area contributed by atoms with Crippen LogP contribution in [0.3, 0.4) is 0 Å². The monoisotopic (exact) mass is 315 g/mol. The van der Waals surface area contributed by atoms with E-state index in [2.05, 4.69) is 9.93 Å². The summed E-state index contributed by atoms with van der Waals surface area (Å²) in [6.45, 7) is 1.55. The van der Waals surface area contributed by atoms with Crippen LogP contribution in [0.15, 0.2) is 28.2 Å². The highest BCUT2D eigenvalue weighted by molar-refractivity contribution is 8.00. The standard InChI is InChI=1S/C11H13N3O4S2/c1-8-2-3-10(6-11(8)14(15)16)20(17,18)13-12-9-4-5-19-7-9/h2-3,6,13H,4-5,7H2,1H3/b12-9+. The Morgan fingerprint density at radius 3 is 2.80 bits per heavy atom. The summed E-state index contributed by atoms with van der Waals surface area (Å²) in [6, 6.07) is 3.78. The summed E-state index contributed by atoms with van der Waals surface area (Å²) in [7, 11) is -3.87. The third-order valence-corrected chi connectivity index (χ3v) is 5.05. The Morgan fingerprint density at radius 2 is 2.20 bits per heavy atom. The zero-order chi connectivity index (χ0) is 14.8. The van der Waals surface area contributed by atoms with Gasteiger partial charge in [-0.2, -0.15) is 25.3 Å². The summed E-state index contributed by atoms with van der Waals surface area (Å²) in [5, 5.41) is 14.7. The highest BCUT2D eigenvalue weighted by Gasteiger charge is 2.20. The van der Waals surface area contributed by atoms with Crippen LogP contribution in [0.1, 0.15) is 12.0 Å². The van der Waals surface area contributed by atoms with Crippen molar-refractivity contribution in [3.8, 4) is 0 Å². The first-order valence-corrected chi connectivity index (χ1v) is 8.44. The normalized spacial score (nSPS) is 17.4. The van der Waals surface area contributed by atoms with Gasteiger partial charge in [-0.3, -0.25) is 10.1 Å². The van der Waals surface area contributed by atoms with Crippen LogP contribution in [0.4, 0.5) is 5.69 Å². The number of aryl methyl sites for hydroxylation is 1. The number of hydrogen-bond acceptors (Lipinski definition) is 6. The van der Waals surface area contributed by atoms with Gasteiger partial charge in [0, 0.05) is 23.1 Å². The molecule has 0 spiro atoms. The lowest BCUT2D eigenvalue weighted by Gasteiger charge is -2.05. The fourth-order valence-corrected chi connectivity index (χ4v) is 3.51. The molecule has 1 aromatic carbocycles. The Kier molecular flexibility index (Phi) is 4.29. The highest BCUT2D eigenvalue weighted by Crippen LogP contribution is 2.22. The van der Waals surface area contributed by atoms with Gasteiger partial charge >= 0.3 is 0 Å². The molecular weight excluding hydrogens is 302 g/mol. The van der Waals surface area contributed by atoms with Gasteiger partial charge in [0.05, 0.1) is 9.82 Å². The van der Waals surface area contributed by atoms with Crippen molar-refractivity contribution in [1.29, 1.82) is 0 Å². The number of nitro groups is 1. The van der Waals surface area contributed by atoms with Gasteiger partial charge in [0.2, 0.25) is 0 Å². The maximum Gasteiger partial charge on any atom is 0.276 e. The van der Waals surface area contributed by atoms with E-state index in [4.69, 9.17) is 0 Å². The van der Waals surface area contributed by atoms with Crippen molar-refractivity contribution < 1.29 is 13.3 Å². The molecule has 1 saturated heterocycles. The van der Waals surface area contributed by atoms with E-state index in [1.54, 1.807) is 18.7 Å². The Bertz CT molecular complexity index is 662. The first kappa shape index (κ1) is 14.8. The molecule has 1 aromatic rings. The molecule has 1 heterocycles. The molecule has 0 saturated carbocycles. The molecule has 0 aromatic heterocycles. The molecule has 0 bridgehead atoms. The molecule has 0 radical (unpaired) electrons. The molecule has 9 heteroatoms. The number of nitrogens with one attached hydrogen (secondary N) is 1. The van der Waals surface area contributed by atoms with Crippen molar-refractivity contribution in [3.05, 3.63) is 33.9 Å². The third kappa shape index (κ3) is 3.28. The van der Waals surface area contributed by atoms with E-state index in [1.165, 1.54) is 12.1 Å². The quantitative estimate of drug-likeness (QED) is 0.672. The van der Waals surface area contributed by atoms with E-state index in [0.29, 0.717) is 11.3 Å². The zero-order valence-electron chi connectivity index (χ0n) is 10.7. The maximum atomic E-state index is 12.0. The van der Waals surface area contributed by atoms with Crippen LogP contribution in [0.25, 0.3) is 0 Å². The van der Waals surface area contributed by atoms with Crippen LogP contribution in [0.2, 0.25) is 0 Å². The molecule has 0 unspecified atom stereocenters. The Morgan fingerprint density at radius 1 is 1.45 bits per heavy atom. The van der Waals surface area contributed by atoms with E-state index in [0.717, 1.165) is 24.0 Å². The first-order valence-electron chi connectivity index (χ1n) is 5.80. The SMILES string of the molecule is Cc1ccc(S(=O)(=O)N/N=C2\CCSC2)cc1[N+](=O)[O-]. The Labute approximate surface area is 120 Å². The lowest BCUT2D eigenvalue weighted by atomic mass is 10.2. The minimum absolute atomic E-state index is 0.162. The van der Waals surface area contributed by atoms with Crippen molar-refractivity contribution in [1.82, 2.24) is 4.83 Å². The van der Waals surface area contributed by atoms with Crippen molar-refractivity contribution >= 4 is 33.2 Å². The smallest absolute Gasteiger partial charge is 0.258 e. The minimum Gasteiger partial charge on any atom is -0.258 e. The number of nitrogens with zero attached hydrogens (tertiary/aromatic N) is 2. The average Bonchev–Trinajstić information content (AvgIpc) is 2.89. The van der Waals surface area contributed by atoms with Gasteiger partial charge < -0.3 is 0 Å². The van der Waals surface area contributed by atoms with Gasteiger partial charge in [0.25, 0.3) is 15.7 Å². The zero-order valence-corrected chi connectivity index (χ0v) is 12.3. The fourth-order valence-electron chi connectivity index (χ4n) is 1.67. The van der Waals surface area contributed by atoms with Gasteiger partial charge in [-0.15, -0.1) is 0 Å². The van der Waals surface area contributed by atoms with Gasteiger partial charge in [0.1, 0.15) is 0 Å². The second kappa shape index (κ2) is 5.80. The summed E-state index contributed by atoms with van der Waals surface area (Å²) in [4.78, 5) is 12.2. The number of hydrogen-bond donors (Lipinski definition) is 1. The summed E-state index contributed by atoms with van der Waals surface area (Å²) >= 11 is 1.68. The molecule has 0 aliphatic carbocycles. The van der Waals surface area contributed by atoms with E-state index in [-0.39, 0.29) is 10.6 Å². The van der Waals surface area contributed by atoms with Crippen LogP contribution >= 0.6 is 11.8 Å². The first-order chi connectivity index (χ1) is 9.40. The van der Waals surface area contributed by atoms with Gasteiger partial charge in [-0.25, -0.2) is 4.83 Å². The average molecular weight is 315 g/mol. The lowest BCUT2D eigenvalue weighted by molar-refractivity contribution is -0.385. The molecule has 0 amide bonds. The topological polar surface area (TPSA) is 102 Å². The molecule has 7 nitrogen and oxygen atoms in total. The number of benzene rings is 1. The van der Waals surface area contributed by atoms with Crippen molar-refractivity contribution in [2.45, 2.75) is 18.2 Å². The van der Waals surface area contributed by atoms with E-state index < -0.39 is 14.9 Å². The molecule has 1 N–H and O–H groups in total. The molecular formula is C11H13N3O4S2. The lowest BCUT2D eigenvalue weighted by Crippen LogP contribution is -2.20. The molecule has 1 fully saturated rings. The van der Waals surface area contributed by atoms with Crippen LogP contribution in [-0.4, -0.2) is 30.6 Å². The number of nitro benzene ring substituents is 1. The maximum absolute atomic E-state index is 12.0. The largest absolute Gasteiger partial charge is 0.276 e. The van der Waals surface area contributed by atoms with Crippen LogP contribution in [0.5, 0.6) is 0 Å². The molecule has 0 atom stereocenters. The van der Waals surface area contributed by atoms with Gasteiger partial charge in [-0.05, 0) is 25.2 Å². The summed E-state index contributed by atoms with van der Waals surface area (Å²) in [5.41, 5.74) is 0.963. The summed E-state index contributed by atoms with van der Waals surface area (Å²) in [6.07, 6.45) is 0.751. The molecule has 20 heavy (non-hydrogen) atoms. The summed E-state index contributed by atoms with van der Waals surface area (Å²) in [5.74, 6) is 1.63. The highest BCUT2D eigenvalue weighted by atomic mass is 32.2. The summed E-state index contributed by atoms with van der Waals surface area (Å²) < 4.78 is 24.1. The number of thioether (sulfide) groups is 1. The van der Waals surface area contributed by atoms with Crippen molar-refractivity contribution in [2.24, 2.45) is 5.10 Å². The number of rotatable bonds is 4. The second-order valence-electron chi connectivity index (χ2n) is 4.28. The fraction of sp³-hybridized carbons (Fsp3) is 0.364. The predicted molar refractivity (Wildman–Crippen MR) is 77.5 cm³/mol.